The number of nitrogens with zero attached hydrogens (tertiary/aromatic N) is 1. The molecule has 3 heteroatoms. The number of methoxy groups -OCH3 is 1. The van der Waals surface area contributed by atoms with Crippen molar-refractivity contribution in [3.63, 3.8) is 0 Å². The molecule has 1 unspecified atom stereocenters. The largest absolute Gasteiger partial charge is 0.383 e. The van der Waals surface area contributed by atoms with Gasteiger partial charge in [0.2, 0.25) is 0 Å². The molecule has 0 aromatic carbocycles. The van der Waals surface area contributed by atoms with Crippen LogP contribution >= 0.6 is 0 Å². The van der Waals surface area contributed by atoms with Gasteiger partial charge >= 0.3 is 0 Å². The van der Waals surface area contributed by atoms with E-state index in [1.54, 1.807) is 7.11 Å². The fourth-order valence-corrected chi connectivity index (χ4v) is 2.07. The molecule has 1 aliphatic rings. The van der Waals surface area contributed by atoms with Gasteiger partial charge in [-0.1, -0.05) is 0 Å². The first-order valence-corrected chi connectivity index (χ1v) is 7.07. The standard InChI is InChI=1S/C14H30N2O/c1-12(2)16(3)10-6-5-9-15-14(11-17-4)13-7-8-13/h12-15H,5-11H2,1-4H3. The summed E-state index contributed by atoms with van der Waals surface area (Å²) in [5, 5.41) is 3.64. The number of hydrogen-bond acceptors (Lipinski definition) is 3. The topological polar surface area (TPSA) is 24.5 Å². The van der Waals surface area contributed by atoms with Gasteiger partial charge in [-0.15, -0.1) is 0 Å². The molecule has 3 nitrogen and oxygen atoms in total. The normalized spacial score (nSPS) is 18.0. The van der Waals surface area contributed by atoms with Crippen molar-refractivity contribution in [1.29, 1.82) is 0 Å². The van der Waals surface area contributed by atoms with E-state index in [4.69, 9.17) is 4.74 Å². The molecule has 0 aliphatic heterocycles. The molecule has 0 bridgehead atoms. The third kappa shape index (κ3) is 6.39. The second-order valence-electron chi connectivity index (χ2n) is 5.63. The third-order valence-corrected chi connectivity index (χ3v) is 3.76. The van der Waals surface area contributed by atoms with Gasteiger partial charge in [-0.3, -0.25) is 0 Å². The summed E-state index contributed by atoms with van der Waals surface area (Å²) < 4.78 is 5.26. The molecule has 102 valence electrons. The molecular weight excluding hydrogens is 212 g/mol. The van der Waals surface area contributed by atoms with E-state index in [-0.39, 0.29) is 0 Å². The zero-order valence-electron chi connectivity index (χ0n) is 12.0. The molecule has 0 saturated heterocycles. The van der Waals surface area contributed by atoms with Crippen LogP contribution in [0.2, 0.25) is 0 Å². The molecule has 1 atom stereocenters. The molecule has 1 rings (SSSR count). The lowest BCUT2D eigenvalue weighted by molar-refractivity contribution is 0.157. The van der Waals surface area contributed by atoms with Crippen LogP contribution in [0.3, 0.4) is 0 Å². The van der Waals surface area contributed by atoms with Crippen LogP contribution in [0.5, 0.6) is 0 Å². The minimum absolute atomic E-state index is 0.600. The van der Waals surface area contributed by atoms with Gasteiger partial charge in [-0.2, -0.15) is 0 Å². The van der Waals surface area contributed by atoms with Crippen LogP contribution in [0.4, 0.5) is 0 Å². The van der Waals surface area contributed by atoms with E-state index in [2.05, 4.69) is 31.1 Å². The lowest BCUT2D eigenvalue weighted by Gasteiger charge is -2.21. The zero-order chi connectivity index (χ0) is 12.7. The Kier molecular flexibility index (Phi) is 7.09. The average molecular weight is 242 g/mol. The molecule has 0 amide bonds. The van der Waals surface area contributed by atoms with Crippen molar-refractivity contribution < 1.29 is 4.74 Å². The Hall–Kier alpha value is -0.120. The highest BCUT2D eigenvalue weighted by atomic mass is 16.5. The number of hydrogen-bond donors (Lipinski definition) is 1. The van der Waals surface area contributed by atoms with Crippen LogP contribution in [0, 0.1) is 5.92 Å². The Morgan fingerprint density at radius 3 is 2.53 bits per heavy atom. The summed E-state index contributed by atoms with van der Waals surface area (Å²) in [6.45, 7) is 7.71. The van der Waals surface area contributed by atoms with Crippen LogP contribution in [-0.2, 0) is 4.74 Å². The first-order chi connectivity index (χ1) is 8.15. The van der Waals surface area contributed by atoms with Crippen LogP contribution in [0.15, 0.2) is 0 Å². The van der Waals surface area contributed by atoms with E-state index in [1.165, 1.54) is 32.2 Å². The fourth-order valence-electron chi connectivity index (χ4n) is 2.07. The molecule has 1 saturated carbocycles. The number of nitrogens with one attached hydrogen (secondary N) is 1. The number of ether oxygens (including phenoxy) is 1. The summed E-state index contributed by atoms with van der Waals surface area (Å²) in [6, 6.07) is 1.26. The molecule has 1 aliphatic carbocycles. The monoisotopic (exact) mass is 242 g/mol. The van der Waals surface area contributed by atoms with Crippen LogP contribution in [0.25, 0.3) is 0 Å². The Bertz CT molecular complexity index is 193. The fraction of sp³-hybridized carbons (Fsp3) is 1.00. The highest BCUT2D eigenvalue weighted by molar-refractivity contribution is 4.86. The molecule has 1 N–H and O–H groups in total. The smallest absolute Gasteiger partial charge is 0.0618 e. The summed E-state index contributed by atoms with van der Waals surface area (Å²) >= 11 is 0. The third-order valence-electron chi connectivity index (χ3n) is 3.76. The van der Waals surface area contributed by atoms with Crippen molar-refractivity contribution in [3.05, 3.63) is 0 Å². The Morgan fingerprint density at radius 1 is 1.29 bits per heavy atom. The van der Waals surface area contributed by atoms with Crippen LogP contribution in [0.1, 0.15) is 39.5 Å². The van der Waals surface area contributed by atoms with Crippen LogP contribution in [-0.4, -0.2) is 50.8 Å². The molecule has 0 aromatic rings. The summed E-state index contributed by atoms with van der Waals surface area (Å²) in [5.74, 6) is 0.883. The maximum absolute atomic E-state index is 5.26. The Labute approximate surface area is 107 Å². The zero-order valence-corrected chi connectivity index (χ0v) is 12.0. The van der Waals surface area contributed by atoms with Crippen molar-refractivity contribution in [2.24, 2.45) is 5.92 Å². The predicted molar refractivity (Wildman–Crippen MR) is 73.4 cm³/mol. The summed E-state index contributed by atoms with van der Waals surface area (Å²) in [5.41, 5.74) is 0. The summed E-state index contributed by atoms with van der Waals surface area (Å²) in [4.78, 5) is 2.41. The maximum atomic E-state index is 5.26. The van der Waals surface area contributed by atoms with Gasteiger partial charge < -0.3 is 15.0 Å². The van der Waals surface area contributed by atoms with Gasteiger partial charge in [0.25, 0.3) is 0 Å². The average Bonchev–Trinajstić information content (AvgIpc) is 3.10. The van der Waals surface area contributed by atoms with Gasteiger partial charge in [0, 0.05) is 19.2 Å². The predicted octanol–water partition coefficient (Wildman–Crippen LogP) is 2.12. The van der Waals surface area contributed by atoms with Crippen LogP contribution < -0.4 is 5.32 Å². The van der Waals surface area contributed by atoms with E-state index in [1.807, 2.05) is 0 Å². The van der Waals surface area contributed by atoms with E-state index >= 15 is 0 Å². The van der Waals surface area contributed by atoms with Gasteiger partial charge in [0.15, 0.2) is 0 Å². The SMILES string of the molecule is COCC(NCCCCN(C)C(C)C)C1CC1. The molecule has 0 heterocycles. The Morgan fingerprint density at radius 2 is 2.00 bits per heavy atom. The first kappa shape index (κ1) is 14.9. The Balaban J connectivity index is 1.98. The quantitative estimate of drug-likeness (QED) is 0.594. The van der Waals surface area contributed by atoms with E-state index < -0.39 is 0 Å². The molecule has 17 heavy (non-hydrogen) atoms. The molecule has 1 fully saturated rings. The van der Waals surface area contributed by atoms with Gasteiger partial charge in [-0.25, -0.2) is 0 Å². The minimum atomic E-state index is 0.600. The molecule has 0 radical (unpaired) electrons. The van der Waals surface area contributed by atoms with Crippen molar-refractivity contribution in [2.75, 3.05) is 33.9 Å². The summed E-state index contributed by atoms with van der Waals surface area (Å²) in [6.07, 6.45) is 5.32. The summed E-state index contributed by atoms with van der Waals surface area (Å²) in [7, 11) is 4.00. The lowest BCUT2D eigenvalue weighted by atomic mass is 10.2. The van der Waals surface area contributed by atoms with Crippen molar-refractivity contribution in [2.45, 2.75) is 51.6 Å². The highest BCUT2D eigenvalue weighted by Gasteiger charge is 2.30. The molecular formula is C14H30N2O. The van der Waals surface area contributed by atoms with E-state index in [9.17, 15) is 0 Å². The van der Waals surface area contributed by atoms with Gasteiger partial charge in [0.1, 0.15) is 0 Å². The second-order valence-corrected chi connectivity index (χ2v) is 5.63. The highest BCUT2D eigenvalue weighted by Crippen LogP contribution is 2.32. The van der Waals surface area contributed by atoms with Crippen molar-refractivity contribution >= 4 is 0 Å². The number of unbranched alkanes of at least 4 members (excludes halogenated alkanes) is 1. The van der Waals surface area contributed by atoms with E-state index in [0.29, 0.717) is 12.1 Å². The van der Waals surface area contributed by atoms with E-state index in [0.717, 1.165) is 19.1 Å². The molecule has 0 spiro atoms. The van der Waals surface area contributed by atoms with Crippen molar-refractivity contribution in [3.8, 4) is 0 Å². The lowest BCUT2D eigenvalue weighted by Crippen LogP contribution is -2.36. The van der Waals surface area contributed by atoms with Gasteiger partial charge in [0.05, 0.1) is 6.61 Å². The van der Waals surface area contributed by atoms with Crippen molar-refractivity contribution in [1.82, 2.24) is 10.2 Å². The minimum Gasteiger partial charge on any atom is -0.383 e. The first-order valence-electron chi connectivity index (χ1n) is 7.07. The maximum Gasteiger partial charge on any atom is 0.0618 e. The molecule has 0 aromatic heterocycles. The number of rotatable bonds is 10. The second kappa shape index (κ2) is 8.06. The van der Waals surface area contributed by atoms with Gasteiger partial charge in [-0.05, 0) is 65.6 Å².